The van der Waals surface area contributed by atoms with E-state index in [0.29, 0.717) is 19.6 Å². The Bertz CT molecular complexity index is 770. The van der Waals surface area contributed by atoms with Gasteiger partial charge in [0.1, 0.15) is 11.8 Å². The zero-order chi connectivity index (χ0) is 17.8. The minimum absolute atomic E-state index is 0.175. The average Bonchev–Trinajstić information content (AvgIpc) is 2.62. The van der Waals surface area contributed by atoms with Gasteiger partial charge in [0.05, 0.1) is 13.0 Å². The Labute approximate surface area is 146 Å². The van der Waals surface area contributed by atoms with E-state index in [4.69, 9.17) is 4.74 Å². The molecule has 1 aliphatic rings. The topological polar surface area (TPSA) is 66.8 Å². The van der Waals surface area contributed by atoms with Gasteiger partial charge in [-0.1, -0.05) is 36.4 Å². The lowest BCUT2D eigenvalue weighted by Crippen LogP contribution is -2.49. The van der Waals surface area contributed by atoms with Crippen LogP contribution in [0, 0.1) is 0 Å². The molecule has 1 N–H and O–H groups in total. The van der Waals surface area contributed by atoms with Crippen molar-refractivity contribution in [3.05, 3.63) is 65.2 Å². The first-order chi connectivity index (χ1) is 12.1. The Hall–Kier alpha value is -2.82. The molecule has 0 radical (unpaired) electrons. The van der Waals surface area contributed by atoms with Crippen molar-refractivity contribution in [1.29, 1.82) is 0 Å². The van der Waals surface area contributed by atoms with Gasteiger partial charge in [-0.05, 0) is 35.7 Å². The Morgan fingerprint density at radius 3 is 2.44 bits per heavy atom. The van der Waals surface area contributed by atoms with Gasteiger partial charge in [0, 0.05) is 13.0 Å². The second-order valence-corrected chi connectivity index (χ2v) is 6.10. The summed E-state index contributed by atoms with van der Waals surface area (Å²) in [6.45, 7) is 2.84. The Morgan fingerprint density at radius 2 is 1.80 bits per heavy atom. The average molecular weight is 339 g/mol. The van der Waals surface area contributed by atoms with Crippen LogP contribution in [0.3, 0.4) is 0 Å². The molecule has 1 unspecified atom stereocenters. The number of nitrogens with zero attached hydrogens (tertiary/aromatic N) is 1. The summed E-state index contributed by atoms with van der Waals surface area (Å²) in [5.74, 6) is -0.380. The van der Waals surface area contributed by atoms with E-state index in [9.17, 15) is 14.7 Å². The molecule has 0 aromatic heterocycles. The van der Waals surface area contributed by atoms with Crippen molar-refractivity contribution in [1.82, 2.24) is 4.90 Å². The van der Waals surface area contributed by atoms with Gasteiger partial charge in [0.25, 0.3) is 0 Å². The normalized spacial score (nSPS) is 16.2. The maximum absolute atomic E-state index is 12.7. The predicted octanol–water partition coefficient (Wildman–Crippen LogP) is 2.67. The highest BCUT2D eigenvalue weighted by Gasteiger charge is 2.34. The van der Waals surface area contributed by atoms with Gasteiger partial charge in [-0.15, -0.1) is 0 Å². The second-order valence-electron chi connectivity index (χ2n) is 6.10. The van der Waals surface area contributed by atoms with E-state index in [1.54, 1.807) is 0 Å². The third-order valence-corrected chi connectivity index (χ3v) is 4.44. The number of hydrogen-bond acceptors (Lipinski definition) is 3. The van der Waals surface area contributed by atoms with Gasteiger partial charge < -0.3 is 14.7 Å². The molecule has 1 heterocycles. The number of carbonyl (C=O) groups is 2. The number of ether oxygens (including phenoxy) is 1. The van der Waals surface area contributed by atoms with E-state index >= 15 is 0 Å². The van der Waals surface area contributed by atoms with Crippen molar-refractivity contribution in [2.45, 2.75) is 32.4 Å². The first-order valence-corrected chi connectivity index (χ1v) is 8.39. The standard InChI is InChI=1S/C20H21NO4/c1-2-25-17-9-7-14(8-10-17)11-19(22)21-13-16-6-4-3-5-15(16)12-18(21)20(23)24/h3-10,18H,2,11-13H2,1H3,(H,23,24). The summed E-state index contributed by atoms with van der Waals surface area (Å²) in [4.78, 5) is 25.8. The van der Waals surface area contributed by atoms with Crippen molar-refractivity contribution >= 4 is 11.9 Å². The fourth-order valence-electron chi connectivity index (χ4n) is 3.15. The number of carbonyl (C=O) groups excluding carboxylic acids is 1. The van der Waals surface area contributed by atoms with Crippen LogP contribution < -0.4 is 4.74 Å². The van der Waals surface area contributed by atoms with Crippen LogP contribution in [-0.2, 0) is 29.0 Å². The molecule has 0 spiro atoms. The van der Waals surface area contributed by atoms with Crippen LogP contribution in [0.5, 0.6) is 5.75 Å². The van der Waals surface area contributed by atoms with Crippen LogP contribution in [0.1, 0.15) is 23.6 Å². The van der Waals surface area contributed by atoms with E-state index < -0.39 is 12.0 Å². The van der Waals surface area contributed by atoms with Crippen molar-refractivity contribution in [2.24, 2.45) is 0 Å². The number of fused-ring (bicyclic) bond motifs is 1. The molecule has 0 saturated carbocycles. The number of carboxylic acid groups (broad SMARTS) is 1. The molecule has 130 valence electrons. The van der Waals surface area contributed by atoms with Crippen molar-refractivity contribution in [2.75, 3.05) is 6.61 Å². The van der Waals surface area contributed by atoms with E-state index in [1.807, 2.05) is 55.5 Å². The Balaban J connectivity index is 1.76. The summed E-state index contributed by atoms with van der Waals surface area (Å²) in [6, 6.07) is 14.2. The van der Waals surface area contributed by atoms with Crippen molar-refractivity contribution in [3.63, 3.8) is 0 Å². The van der Waals surface area contributed by atoms with E-state index in [0.717, 1.165) is 22.4 Å². The van der Waals surface area contributed by atoms with Crippen LogP contribution in [0.2, 0.25) is 0 Å². The van der Waals surface area contributed by atoms with Crippen LogP contribution in [-0.4, -0.2) is 34.5 Å². The zero-order valence-corrected chi connectivity index (χ0v) is 14.1. The SMILES string of the molecule is CCOc1ccc(CC(=O)N2Cc3ccccc3CC2C(=O)O)cc1. The number of hydrogen-bond donors (Lipinski definition) is 1. The Morgan fingerprint density at radius 1 is 1.12 bits per heavy atom. The largest absolute Gasteiger partial charge is 0.494 e. The molecule has 25 heavy (non-hydrogen) atoms. The molecule has 2 aromatic carbocycles. The zero-order valence-electron chi connectivity index (χ0n) is 14.1. The van der Waals surface area contributed by atoms with Crippen LogP contribution in [0.15, 0.2) is 48.5 Å². The first-order valence-electron chi connectivity index (χ1n) is 8.39. The number of benzene rings is 2. The lowest BCUT2D eigenvalue weighted by Gasteiger charge is -2.34. The minimum atomic E-state index is -0.963. The van der Waals surface area contributed by atoms with Gasteiger partial charge >= 0.3 is 5.97 Å². The molecule has 1 atom stereocenters. The quantitative estimate of drug-likeness (QED) is 0.909. The van der Waals surface area contributed by atoms with Gasteiger partial charge in [-0.25, -0.2) is 4.79 Å². The molecule has 1 aliphatic heterocycles. The molecule has 5 nitrogen and oxygen atoms in total. The summed E-state index contributed by atoms with van der Waals surface area (Å²) in [7, 11) is 0. The summed E-state index contributed by atoms with van der Waals surface area (Å²) in [5.41, 5.74) is 2.86. The maximum atomic E-state index is 12.7. The van der Waals surface area contributed by atoms with Gasteiger partial charge in [0.2, 0.25) is 5.91 Å². The summed E-state index contributed by atoms with van der Waals surface area (Å²) in [6.07, 6.45) is 0.527. The number of aliphatic carboxylic acids is 1. The van der Waals surface area contributed by atoms with Crippen LogP contribution >= 0.6 is 0 Å². The van der Waals surface area contributed by atoms with E-state index in [-0.39, 0.29) is 12.3 Å². The fourth-order valence-corrected chi connectivity index (χ4v) is 3.15. The minimum Gasteiger partial charge on any atom is -0.494 e. The highest BCUT2D eigenvalue weighted by atomic mass is 16.5. The first kappa shape index (κ1) is 17.0. The molecule has 2 aromatic rings. The fraction of sp³-hybridized carbons (Fsp3) is 0.300. The lowest BCUT2D eigenvalue weighted by atomic mass is 9.93. The molecule has 1 amide bonds. The summed E-state index contributed by atoms with van der Waals surface area (Å²) in [5, 5.41) is 9.53. The molecular formula is C20H21NO4. The molecule has 0 fully saturated rings. The van der Waals surface area contributed by atoms with Crippen LogP contribution in [0.4, 0.5) is 0 Å². The smallest absolute Gasteiger partial charge is 0.326 e. The summed E-state index contributed by atoms with van der Waals surface area (Å²) < 4.78 is 5.40. The van der Waals surface area contributed by atoms with E-state index in [2.05, 4.69) is 0 Å². The van der Waals surface area contributed by atoms with Crippen molar-refractivity contribution < 1.29 is 19.4 Å². The highest BCUT2D eigenvalue weighted by Crippen LogP contribution is 2.24. The molecule has 0 saturated heterocycles. The highest BCUT2D eigenvalue weighted by molar-refractivity contribution is 5.85. The lowest BCUT2D eigenvalue weighted by molar-refractivity contribution is -0.151. The maximum Gasteiger partial charge on any atom is 0.326 e. The Kier molecular flexibility index (Phi) is 5.03. The van der Waals surface area contributed by atoms with E-state index in [1.165, 1.54) is 4.90 Å². The number of rotatable bonds is 5. The predicted molar refractivity (Wildman–Crippen MR) is 93.4 cm³/mol. The molecular weight excluding hydrogens is 318 g/mol. The van der Waals surface area contributed by atoms with Crippen LogP contribution in [0.25, 0.3) is 0 Å². The van der Waals surface area contributed by atoms with Gasteiger partial charge in [0.15, 0.2) is 0 Å². The second kappa shape index (κ2) is 7.38. The summed E-state index contributed by atoms with van der Waals surface area (Å²) >= 11 is 0. The third kappa shape index (κ3) is 3.82. The molecule has 0 aliphatic carbocycles. The molecule has 0 bridgehead atoms. The van der Waals surface area contributed by atoms with Crippen molar-refractivity contribution in [3.8, 4) is 5.75 Å². The monoisotopic (exact) mass is 339 g/mol. The third-order valence-electron chi connectivity index (χ3n) is 4.44. The molecule has 3 rings (SSSR count). The van der Waals surface area contributed by atoms with Gasteiger partial charge in [-0.3, -0.25) is 4.79 Å². The number of amides is 1. The molecule has 5 heteroatoms. The van der Waals surface area contributed by atoms with Gasteiger partial charge in [-0.2, -0.15) is 0 Å². The number of carboxylic acids is 1.